The molecule has 0 saturated heterocycles. The van der Waals surface area contributed by atoms with Gasteiger partial charge in [-0.05, 0) is 24.6 Å². The second-order valence-corrected chi connectivity index (χ2v) is 3.65. The van der Waals surface area contributed by atoms with Crippen molar-refractivity contribution < 1.29 is 4.79 Å². The van der Waals surface area contributed by atoms with Crippen LogP contribution in [0.25, 0.3) is 11.0 Å². The van der Waals surface area contributed by atoms with Crippen molar-refractivity contribution in [3.63, 3.8) is 0 Å². The molecule has 0 spiro atoms. The lowest BCUT2D eigenvalue weighted by Crippen LogP contribution is -1.91. The number of rotatable bonds is 1. The standard InChI is InChI=1S/C11H10N2O/c14-7-8-3-4-10-9(6-8)12-11-2-1-5-13(10)11/h3-4,6-7H,1-2,5H2. The average molecular weight is 186 g/mol. The molecule has 0 saturated carbocycles. The van der Waals surface area contributed by atoms with Crippen LogP contribution >= 0.6 is 0 Å². The minimum absolute atomic E-state index is 0.703. The molecule has 0 unspecified atom stereocenters. The van der Waals surface area contributed by atoms with Gasteiger partial charge in [0.1, 0.15) is 12.1 Å². The van der Waals surface area contributed by atoms with E-state index in [-0.39, 0.29) is 0 Å². The van der Waals surface area contributed by atoms with Crippen LogP contribution in [0.1, 0.15) is 22.6 Å². The van der Waals surface area contributed by atoms with Crippen molar-refractivity contribution in [1.29, 1.82) is 0 Å². The molecule has 14 heavy (non-hydrogen) atoms. The van der Waals surface area contributed by atoms with Gasteiger partial charge in [0.25, 0.3) is 0 Å². The lowest BCUT2D eigenvalue weighted by molar-refractivity contribution is 0.112. The van der Waals surface area contributed by atoms with Gasteiger partial charge in [0.2, 0.25) is 0 Å². The molecule has 3 rings (SSSR count). The molecular weight excluding hydrogens is 176 g/mol. The molecule has 0 atom stereocenters. The third-order valence-electron chi connectivity index (χ3n) is 2.77. The number of carbonyl (C=O) groups is 1. The second-order valence-electron chi connectivity index (χ2n) is 3.65. The maximum absolute atomic E-state index is 10.6. The Kier molecular flexibility index (Phi) is 1.48. The first-order valence-corrected chi connectivity index (χ1v) is 4.83. The van der Waals surface area contributed by atoms with Gasteiger partial charge in [-0.1, -0.05) is 0 Å². The summed E-state index contributed by atoms with van der Waals surface area (Å²) in [6.07, 6.45) is 3.11. The number of aldehydes is 1. The number of nitrogens with zero attached hydrogens (tertiary/aromatic N) is 2. The van der Waals surface area contributed by atoms with Crippen LogP contribution in [0.5, 0.6) is 0 Å². The molecule has 0 amide bonds. The topological polar surface area (TPSA) is 34.9 Å². The second kappa shape index (κ2) is 2.67. The lowest BCUT2D eigenvalue weighted by Gasteiger charge is -1.97. The normalized spacial score (nSPS) is 14.6. The Balaban J connectivity index is 2.32. The number of aromatic nitrogens is 2. The van der Waals surface area contributed by atoms with Crippen LogP contribution in [0.4, 0.5) is 0 Å². The fourth-order valence-electron chi connectivity index (χ4n) is 2.11. The number of imidazole rings is 1. The van der Waals surface area contributed by atoms with Crippen molar-refractivity contribution in [2.45, 2.75) is 19.4 Å². The van der Waals surface area contributed by atoms with E-state index >= 15 is 0 Å². The van der Waals surface area contributed by atoms with Crippen molar-refractivity contribution in [3.05, 3.63) is 29.6 Å². The predicted octanol–water partition coefficient (Wildman–Crippen LogP) is 1.79. The van der Waals surface area contributed by atoms with Crippen molar-refractivity contribution >= 4 is 17.3 Å². The monoisotopic (exact) mass is 186 g/mol. The third kappa shape index (κ3) is 0.923. The van der Waals surface area contributed by atoms with E-state index in [0.29, 0.717) is 5.56 Å². The van der Waals surface area contributed by atoms with Crippen molar-refractivity contribution in [2.75, 3.05) is 0 Å². The van der Waals surface area contributed by atoms with E-state index in [1.54, 1.807) is 0 Å². The molecule has 3 heteroatoms. The quantitative estimate of drug-likeness (QED) is 0.636. The smallest absolute Gasteiger partial charge is 0.150 e. The summed E-state index contributed by atoms with van der Waals surface area (Å²) in [6, 6.07) is 5.69. The van der Waals surface area contributed by atoms with Crippen LogP contribution < -0.4 is 0 Å². The molecule has 2 heterocycles. The Morgan fingerprint density at radius 1 is 1.43 bits per heavy atom. The fraction of sp³-hybridized carbons (Fsp3) is 0.273. The van der Waals surface area contributed by atoms with E-state index < -0.39 is 0 Å². The number of fused-ring (bicyclic) bond motifs is 3. The molecule has 1 aromatic heterocycles. The first-order chi connectivity index (χ1) is 6.88. The van der Waals surface area contributed by atoms with E-state index in [2.05, 4.69) is 9.55 Å². The van der Waals surface area contributed by atoms with Crippen molar-refractivity contribution in [2.24, 2.45) is 0 Å². The molecule has 1 aliphatic rings. The van der Waals surface area contributed by atoms with Crippen LogP contribution in [-0.4, -0.2) is 15.8 Å². The van der Waals surface area contributed by atoms with Gasteiger partial charge in [0, 0.05) is 18.5 Å². The molecule has 3 nitrogen and oxygen atoms in total. The van der Waals surface area contributed by atoms with Gasteiger partial charge in [-0.2, -0.15) is 0 Å². The molecule has 0 N–H and O–H groups in total. The highest BCUT2D eigenvalue weighted by atomic mass is 16.1. The van der Waals surface area contributed by atoms with E-state index in [1.807, 2.05) is 18.2 Å². The van der Waals surface area contributed by atoms with E-state index in [1.165, 1.54) is 6.42 Å². The Bertz CT molecular complexity index is 513. The Morgan fingerprint density at radius 2 is 2.36 bits per heavy atom. The highest BCUT2D eigenvalue weighted by molar-refractivity contribution is 5.85. The molecule has 2 aromatic rings. The van der Waals surface area contributed by atoms with Crippen molar-refractivity contribution in [1.82, 2.24) is 9.55 Å². The fourth-order valence-corrected chi connectivity index (χ4v) is 2.11. The summed E-state index contributed by atoms with van der Waals surface area (Å²) in [5, 5.41) is 0. The summed E-state index contributed by atoms with van der Waals surface area (Å²) in [7, 11) is 0. The predicted molar refractivity (Wildman–Crippen MR) is 53.4 cm³/mol. The van der Waals surface area contributed by atoms with Gasteiger partial charge in [-0.3, -0.25) is 4.79 Å². The Morgan fingerprint density at radius 3 is 3.21 bits per heavy atom. The number of hydrogen-bond acceptors (Lipinski definition) is 2. The number of carbonyl (C=O) groups excluding carboxylic acids is 1. The first kappa shape index (κ1) is 7.74. The van der Waals surface area contributed by atoms with Gasteiger partial charge < -0.3 is 4.57 Å². The van der Waals surface area contributed by atoms with Crippen LogP contribution in [0, 0.1) is 0 Å². The highest BCUT2D eigenvalue weighted by Crippen LogP contribution is 2.22. The minimum atomic E-state index is 0.703. The summed E-state index contributed by atoms with van der Waals surface area (Å²) in [6.45, 7) is 1.06. The highest BCUT2D eigenvalue weighted by Gasteiger charge is 2.15. The number of aryl methyl sites for hydroxylation is 2. The van der Waals surface area contributed by atoms with Gasteiger partial charge in [-0.25, -0.2) is 4.98 Å². The average Bonchev–Trinajstić information content (AvgIpc) is 2.75. The van der Waals surface area contributed by atoms with E-state index in [0.717, 1.165) is 36.1 Å². The van der Waals surface area contributed by atoms with E-state index in [4.69, 9.17) is 0 Å². The molecule has 0 fully saturated rings. The maximum Gasteiger partial charge on any atom is 0.150 e. The Hall–Kier alpha value is -1.64. The molecule has 1 aliphatic heterocycles. The summed E-state index contributed by atoms with van der Waals surface area (Å²) >= 11 is 0. The molecule has 0 aliphatic carbocycles. The van der Waals surface area contributed by atoms with Gasteiger partial charge in [0.05, 0.1) is 11.0 Å². The third-order valence-corrected chi connectivity index (χ3v) is 2.77. The van der Waals surface area contributed by atoms with Gasteiger partial charge >= 0.3 is 0 Å². The molecule has 0 radical (unpaired) electrons. The van der Waals surface area contributed by atoms with Crippen molar-refractivity contribution in [3.8, 4) is 0 Å². The zero-order valence-corrected chi connectivity index (χ0v) is 7.73. The maximum atomic E-state index is 10.6. The zero-order valence-electron chi connectivity index (χ0n) is 7.73. The number of hydrogen-bond donors (Lipinski definition) is 0. The SMILES string of the molecule is O=Cc1ccc2c(c1)nc1n2CCC1. The number of benzene rings is 1. The first-order valence-electron chi connectivity index (χ1n) is 4.83. The van der Waals surface area contributed by atoms with Crippen LogP contribution in [0.3, 0.4) is 0 Å². The van der Waals surface area contributed by atoms with Crippen LogP contribution in [0.15, 0.2) is 18.2 Å². The summed E-state index contributed by atoms with van der Waals surface area (Å²) < 4.78 is 2.24. The summed E-state index contributed by atoms with van der Waals surface area (Å²) in [5.41, 5.74) is 2.81. The molecule has 0 bridgehead atoms. The summed E-state index contributed by atoms with van der Waals surface area (Å²) in [5.74, 6) is 1.16. The minimum Gasteiger partial charge on any atom is -0.328 e. The summed E-state index contributed by atoms with van der Waals surface area (Å²) in [4.78, 5) is 15.1. The van der Waals surface area contributed by atoms with E-state index in [9.17, 15) is 4.79 Å². The molecule has 70 valence electrons. The van der Waals surface area contributed by atoms with Gasteiger partial charge in [0.15, 0.2) is 0 Å². The largest absolute Gasteiger partial charge is 0.328 e. The lowest BCUT2D eigenvalue weighted by atomic mass is 10.2. The zero-order chi connectivity index (χ0) is 9.54. The van der Waals surface area contributed by atoms with Gasteiger partial charge in [-0.15, -0.1) is 0 Å². The van der Waals surface area contributed by atoms with Crippen LogP contribution in [-0.2, 0) is 13.0 Å². The Labute approximate surface area is 81.4 Å². The van der Waals surface area contributed by atoms with Crippen LogP contribution in [0.2, 0.25) is 0 Å². The molecule has 1 aromatic carbocycles. The molecular formula is C11H10N2O.